The highest BCUT2D eigenvalue weighted by Gasteiger charge is 2.09. The number of H-pyrrole nitrogens is 1. The minimum absolute atomic E-state index is 0.351. The van der Waals surface area contributed by atoms with Gasteiger partial charge in [0.05, 0.1) is 4.47 Å². The lowest BCUT2D eigenvalue weighted by Crippen LogP contribution is -2.32. The molecule has 0 radical (unpaired) electrons. The maximum Gasteiger partial charge on any atom is 0.328 e. The zero-order chi connectivity index (χ0) is 12.1. The highest BCUT2D eigenvalue weighted by atomic mass is 79.9. The second-order valence-corrected chi connectivity index (χ2v) is 4.95. The number of nitrogens with one attached hydrogen (secondary N) is 1. The third-order valence-electron chi connectivity index (χ3n) is 2.38. The van der Waals surface area contributed by atoms with Gasteiger partial charge in [0.15, 0.2) is 0 Å². The summed E-state index contributed by atoms with van der Waals surface area (Å²) in [7, 11) is 0. The van der Waals surface area contributed by atoms with Crippen LogP contribution in [0.5, 0.6) is 0 Å². The van der Waals surface area contributed by atoms with Crippen molar-refractivity contribution in [1.82, 2.24) is 9.55 Å². The largest absolute Gasteiger partial charge is 0.328 e. The van der Waals surface area contributed by atoms with Crippen LogP contribution >= 0.6 is 28.6 Å². The van der Waals surface area contributed by atoms with Crippen LogP contribution in [0.2, 0.25) is 0 Å². The van der Waals surface area contributed by atoms with Crippen molar-refractivity contribution in [3.63, 3.8) is 0 Å². The lowest BCUT2D eigenvalue weighted by Gasteiger charge is -2.14. The molecule has 1 unspecified atom stereocenters. The van der Waals surface area contributed by atoms with Crippen LogP contribution in [0.3, 0.4) is 0 Å². The van der Waals surface area contributed by atoms with Crippen LogP contribution in [0.1, 0.15) is 19.8 Å². The van der Waals surface area contributed by atoms with Gasteiger partial charge in [0.2, 0.25) is 0 Å². The average molecular weight is 307 g/mol. The van der Waals surface area contributed by atoms with Gasteiger partial charge in [-0.15, -0.1) is 0 Å². The second-order valence-electron chi connectivity index (χ2n) is 3.73. The summed E-state index contributed by atoms with van der Waals surface area (Å²) in [6, 6.07) is 0. The van der Waals surface area contributed by atoms with E-state index in [2.05, 4.69) is 40.5 Å². The van der Waals surface area contributed by atoms with E-state index in [-0.39, 0.29) is 11.2 Å². The molecular formula is C10H15BrN2O2S. The van der Waals surface area contributed by atoms with E-state index in [9.17, 15) is 9.59 Å². The summed E-state index contributed by atoms with van der Waals surface area (Å²) in [5.74, 6) is 1.08. The summed E-state index contributed by atoms with van der Waals surface area (Å²) in [6.45, 7) is 2.69. The minimum atomic E-state index is -0.390. The topological polar surface area (TPSA) is 54.9 Å². The first-order valence-electron chi connectivity index (χ1n) is 5.18. The number of halogens is 1. The van der Waals surface area contributed by atoms with Gasteiger partial charge < -0.3 is 0 Å². The Morgan fingerprint density at radius 1 is 1.56 bits per heavy atom. The van der Waals surface area contributed by atoms with Gasteiger partial charge in [0.25, 0.3) is 5.56 Å². The van der Waals surface area contributed by atoms with Gasteiger partial charge in [-0.25, -0.2) is 4.79 Å². The first-order valence-corrected chi connectivity index (χ1v) is 6.61. The summed E-state index contributed by atoms with van der Waals surface area (Å²) in [6.07, 6.45) is 3.62. The van der Waals surface area contributed by atoms with Crippen molar-refractivity contribution in [3.8, 4) is 0 Å². The van der Waals surface area contributed by atoms with Crippen LogP contribution in [-0.2, 0) is 6.54 Å². The molecule has 1 N–H and O–H groups in total. The van der Waals surface area contributed by atoms with E-state index in [1.165, 1.54) is 10.8 Å². The van der Waals surface area contributed by atoms with Crippen molar-refractivity contribution < 1.29 is 0 Å². The number of aromatic nitrogens is 2. The lowest BCUT2D eigenvalue weighted by atomic mass is 10.1. The molecule has 0 aliphatic heterocycles. The molecule has 0 amide bonds. The molecule has 1 rings (SSSR count). The Bertz CT molecular complexity index is 455. The molecule has 0 aliphatic carbocycles. The molecule has 6 heteroatoms. The molecule has 0 spiro atoms. The van der Waals surface area contributed by atoms with E-state index in [0.717, 1.165) is 18.6 Å². The van der Waals surface area contributed by atoms with Gasteiger partial charge in [-0.1, -0.05) is 13.3 Å². The van der Waals surface area contributed by atoms with Gasteiger partial charge in [-0.05, 0) is 34.0 Å². The normalized spacial score (nSPS) is 12.7. The molecule has 1 aromatic heterocycles. The SMILES string of the molecule is CCCC(CS)Cn1cc(Br)c(=O)[nH]c1=O. The third kappa shape index (κ3) is 3.52. The summed E-state index contributed by atoms with van der Waals surface area (Å²) < 4.78 is 1.89. The molecule has 0 saturated carbocycles. The molecule has 1 atom stereocenters. The molecule has 0 fully saturated rings. The van der Waals surface area contributed by atoms with E-state index in [4.69, 9.17) is 0 Å². The number of hydrogen-bond acceptors (Lipinski definition) is 3. The van der Waals surface area contributed by atoms with E-state index in [0.29, 0.717) is 16.9 Å². The molecule has 0 aliphatic rings. The fourth-order valence-corrected chi connectivity index (χ4v) is 2.19. The van der Waals surface area contributed by atoms with Crippen molar-refractivity contribution in [1.29, 1.82) is 0 Å². The van der Waals surface area contributed by atoms with Gasteiger partial charge >= 0.3 is 5.69 Å². The van der Waals surface area contributed by atoms with Crippen LogP contribution in [0.15, 0.2) is 20.3 Å². The molecule has 16 heavy (non-hydrogen) atoms. The predicted molar refractivity (Wildman–Crippen MR) is 71.3 cm³/mol. The Hall–Kier alpha value is -0.490. The fraction of sp³-hybridized carbons (Fsp3) is 0.600. The van der Waals surface area contributed by atoms with Crippen molar-refractivity contribution in [3.05, 3.63) is 31.5 Å². The molecule has 4 nitrogen and oxygen atoms in total. The Morgan fingerprint density at radius 2 is 2.25 bits per heavy atom. The average Bonchev–Trinajstić information content (AvgIpc) is 2.25. The molecule has 1 heterocycles. The zero-order valence-corrected chi connectivity index (χ0v) is 11.6. The van der Waals surface area contributed by atoms with Crippen LogP contribution in [-0.4, -0.2) is 15.3 Å². The van der Waals surface area contributed by atoms with Gasteiger partial charge in [0.1, 0.15) is 0 Å². The summed E-state index contributed by atoms with van der Waals surface area (Å²) >= 11 is 7.37. The summed E-state index contributed by atoms with van der Waals surface area (Å²) in [5.41, 5.74) is -0.754. The molecule has 0 saturated heterocycles. The number of hydrogen-bond donors (Lipinski definition) is 2. The van der Waals surface area contributed by atoms with E-state index < -0.39 is 0 Å². The quantitative estimate of drug-likeness (QED) is 0.813. The number of rotatable bonds is 5. The minimum Gasteiger partial charge on any atom is -0.299 e. The van der Waals surface area contributed by atoms with Crippen molar-refractivity contribution in [2.24, 2.45) is 5.92 Å². The van der Waals surface area contributed by atoms with E-state index in [1.54, 1.807) is 0 Å². The molecule has 90 valence electrons. The zero-order valence-electron chi connectivity index (χ0n) is 9.07. The van der Waals surface area contributed by atoms with Crippen molar-refractivity contribution >= 4 is 28.6 Å². The van der Waals surface area contributed by atoms with Crippen molar-refractivity contribution in [2.45, 2.75) is 26.3 Å². The van der Waals surface area contributed by atoms with Crippen LogP contribution in [0.25, 0.3) is 0 Å². The first-order chi connectivity index (χ1) is 7.58. The Morgan fingerprint density at radius 3 is 2.81 bits per heavy atom. The van der Waals surface area contributed by atoms with Crippen LogP contribution in [0.4, 0.5) is 0 Å². The Balaban J connectivity index is 2.92. The molecule has 0 aromatic carbocycles. The number of aromatic amines is 1. The second kappa shape index (κ2) is 6.30. The highest BCUT2D eigenvalue weighted by molar-refractivity contribution is 9.10. The highest BCUT2D eigenvalue weighted by Crippen LogP contribution is 2.10. The standard InChI is InChI=1S/C10H15BrN2O2S/c1-2-3-7(6-16)4-13-5-8(11)9(14)12-10(13)15/h5,7,16H,2-4,6H2,1H3,(H,12,14,15). The molecular weight excluding hydrogens is 292 g/mol. The maximum atomic E-state index is 11.5. The summed E-state index contributed by atoms with van der Waals surface area (Å²) in [5, 5.41) is 0. The lowest BCUT2D eigenvalue weighted by molar-refractivity contribution is 0.440. The number of nitrogens with zero attached hydrogens (tertiary/aromatic N) is 1. The maximum absolute atomic E-state index is 11.5. The first kappa shape index (κ1) is 13.6. The number of thiol groups is 1. The third-order valence-corrected chi connectivity index (χ3v) is 3.46. The van der Waals surface area contributed by atoms with Gasteiger partial charge in [0, 0.05) is 12.7 Å². The van der Waals surface area contributed by atoms with Crippen LogP contribution in [0, 0.1) is 5.92 Å². The summed E-state index contributed by atoms with van der Waals surface area (Å²) in [4.78, 5) is 24.9. The van der Waals surface area contributed by atoms with E-state index >= 15 is 0 Å². The Labute approximate surface area is 108 Å². The van der Waals surface area contributed by atoms with Gasteiger partial charge in [-0.2, -0.15) is 12.6 Å². The van der Waals surface area contributed by atoms with Crippen molar-refractivity contribution in [2.75, 3.05) is 5.75 Å². The molecule has 1 aromatic rings. The van der Waals surface area contributed by atoms with E-state index in [1.807, 2.05) is 0 Å². The molecule has 0 bridgehead atoms. The van der Waals surface area contributed by atoms with Gasteiger partial charge in [-0.3, -0.25) is 14.3 Å². The van der Waals surface area contributed by atoms with Crippen LogP contribution < -0.4 is 11.2 Å². The Kier molecular flexibility index (Phi) is 5.34. The monoisotopic (exact) mass is 306 g/mol. The predicted octanol–water partition coefficient (Wildman–Crippen LogP) is 1.65. The fourth-order valence-electron chi connectivity index (χ4n) is 1.55. The smallest absolute Gasteiger partial charge is 0.299 e.